The number of fused-ring (bicyclic) bond motifs is 1. The van der Waals surface area contributed by atoms with E-state index in [0.717, 1.165) is 32.9 Å². The zero-order chi connectivity index (χ0) is 21.6. The second-order valence-corrected chi connectivity index (χ2v) is 8.65. The zero-order valence-corrected chi connectivity index (χ0v) is 20.0. The normalized spacial score (nSPS) is 10.8. The fourth-order valence-corrected chi connectivity index (χ4v) is 4.39. The Morgan fingerprint density at radius 3 is 2.45 bits per heavy atom. The minimum atomic E-state index is 0.498. The Morgan fingerprint density at radius 2 is 1.65 bits per heavy atom. The van der Waals surface area contributed by atoms with Gasteiger partial charge in [-0.1, -0.05) is 60.2 Å². The van der Waals surface area contributed by atoms with E-state index in [4.69, 9.17) is 9.47 Å². The highest BCUT2D eigenvalue weighted by molar-refractivity contribution is 14.1. The molecule has 0 spiro atoms. The minimum Gasteiger partial charge on any atom is -0.490 e. The van der Waals surface area contributed by atoms with Crippen LogP contribution in [0.5, 0.6) is 11.5 Å². The molecule has 0 unspecified atom stereocenters. The summed E-state index contributed by atoms with van der Waals surface area (Å²) < 4.78 is 13.3. The van der Waals surface area contributed by atoms with E-state index < -0.39 is 0 Å². The summed E-state index contributed by atoms with van der Waals surface area (Å²) in [4.78, 5) is 0. The first-order valence-electron chi connectivity index (χ1n) is 10.5. The molecule has 0 aliphatic rings. The highest BCUT2D eigenvalue weighted by atomic mass is 127. The first-order chi connectivity index (χ1) is 15.1. The smallest absolute Gasteiger partial charge is 0.174 e. The van der Waals surface area contributed by atoms with Gasteiger partial charge < -0.3 is 14.8 Å². The number of benzene rings is 4. The first-order valence-corrected chi connectivity index (χ1v) is 11.6. The molecule has 1 N–H and O–H groups in total. The van der Waals surface area contributed by atoms with Gasteiger partial charge in [-0.3, -0.25) is 0 Å². The number of hydrogen-bond acceptors (Lipinski definition) is 3. The van der Waals surface area contributed by atoms with E-state index in [-0.39, 0.29) is 0 Å². The van der Waals surface area contributed by atoms with Crippen LogP contribution in [0.3, 0.4) is 0 Å². The summed E-state index contributed by atoms with van der Waals surface area (Å²) in [6.45, 7) is 5.91. The van der Waals surface area contributed by atoms with Crippen LogP contribution in [0.25, 0.3) is 10.8 Å². The van der Waals surface area contributed by atoms with Crippen LogP contribution in [0.1, 0.15) is 23.6 Å². The molecule has 0 bridgehead atoms. The minimum absolute atomic E-state index is 0.498. The lowest BCUT2D eigenvalue weighted by atomic mass is 10.1. The van der Waals surface area contributed by atoms with Crippen molar-refractivity contribution in [2.75, 3.05) is 11.9 Å². The molecule has 0 aromatic heterocycles. The maximum atomic E-state index is 6.29. The van der Waals surface area contributed by atoms with Crippen molar-refractivity contribution in [3.8, 4) is 11.5 Å². The molecule has 4 rings (SSSR count). The third kappa shape index (κ3) is 5.31. The topological polar surface area (TPSA) is 30.5 Å². The molecular weight excluding hydrogens is 497 g/mol. The average molecular weight is 523 g/mol. The molecule has 0 saturated heterocycles. The van der Waals surface area contributed by atoms with Gasteiger partial charge in [0.1, 0.15) is 6.61 Å². The second-order valence-electron chi connectivity index (χ2n) is 7.48. The lowest BCUT2D eigenvalue weighted by Crippen LogP contribution is -2.05. The van der Waals surface area contributed by atoms with Crippen molar-refractivity contribution >= 4 is 39.1 Å². The van der Waals surface area contributed by atoms with Crippen LogP contribution in [0.2, 0.25) is 0 Å². The number of hydrogen-bond donors (Lipinski definition) is 1. The van der Waals surface area contributed by atoms with Crippen LogP contribution >= 0.6 is 22.6 Å². The molecule has 0 amide bonds. The number of ether oxygens (including phenoxy) is 2. The lowest BCUT2D eigenvalue weighted by Gasteiger charge is -2.17. The molecule has 0 radical (unpaired) electrons. The van der Waals surface area contributed by atoms with Gasteiger partial charge in [0.25, 0.3) is 0 Å². The summed E-state index contributed by atoms with van der Waals surface area (Å²) in [5, 5.41) is 5.92. The predicted octanol–water partition coefficient (Wildman–Crippen LogP) is 7.34. The van der Waals surface area contributed by atoms with Gasteiger partial charge in [-0.15, -0.1) is 0 Å². The van der Waals surface area contributed by atoms with Crippen LogP contribution in [-0.4, -0.2) is 6.61 Å². The largest absolute Gasteiger partial charge is 0.490 e. The Bertz CT molecular complexity index is 1170. The highest BCUT2D eigenvalue weighted by Crippen LogP contribution is 2.35. The number of nitrogens with one attached hydrogen (secondary N) is 1. The standard InChI is InChI=1S/C27H26INO2/c1-3-30-26-16-20(17-29-23-13-11-19(2)12-14-23)15-25(28)27(26)31-18-22-9-6-8-21-7-4-5-10-24(21)22/h4-16,29H,3,17-18H2,1-2H3. The Kier molecular flexibility index (Phi) is 6.97. The molecule has 0 fully saturated rings. The zero-order valence-electron chi connectivity index (χ0n) is 17.8. The van der Waals surface area contributed by atoms with Crippen molar-refractivity contribution in [3.05, 3.63) is 99.1 Å². The number of anilines is 1. The van der Waals surface area contributed by atoms with Crippen molar-refractivity contribution in [3.63, 3.8) is 0 Å². The molecule has 4 aromatic carbocycles. The van der Waals surface area contributed by atoms with E-state index >= 15 is 0 Å². The molecule has 0 saturated carbocycles. The lowest BCUT2D eigenvalue weighted by molar-refractivity contribution is 0.268. The van der Waals surface area contributed by atoms with Gasteiger partial charge in [0.05, 0.1) is 10.2 Å². The summed E-state index contributed by atoms with van der Waals surface area (Å²) in [6.07, 6.45) is 0. The molecule has 0 heterocycles. The number of halogens is 1. The van der Waals surface area contributed by atoms with Crippen molar-refractivity contribution in [1.82, 2.24) is 0 Å². The Balaban J connectivity index is 1.53. The average Bonchev–Trinajstić information content (AvgIpc) is 2.78. The quantitative estimate of drug-likeness (QED) is 0.245. The first kappa shape index (κ1) is 21.5. The van der Waals surface area contributed by atoms with Crippen LogP contribution < -0.4 is 14.8 Å². The Morgan fingerprint density at radius 1 is 0.871 bits per heavy atom. The van der Waals surface area contributed by atoms with Crippen LogP contribution in [-0.2, 0) is 13.2 Å². The third-order valence-electron chi connectivity index (χ3n) is 5.17. The SMILES string of the molecule is CCOc1cc(CNc2ccc(C)cc2)cc(I)c1OCc1cccc2ccccc12. The summed E-state index contributed by atoms with van der Waals surface area (Å²) in [5.74, 6) is 1.59. The molecule has 158 valence electrons. The molecule has 31 heavy (non-hydrogen) atoms. The number of aryl methyl sites for hydroxylation is 1. The molecule has 4 aromatic rings. The maximum Gasteiger partial charge on any atom is 0.174 e. The second kappa shape index (κ2) is 10.1. The molecular formula is C27H26INO2. The van der Waals surface area contributed by atoms with E-state index in [1.807, 2.05) is 6.92 Å². The fraction of sp³-hybridized carbons (Fsp3) is 0.185. The van der Waals surface area contributed by atoms with Gasteiger partial charge in [-0.25, -0.2) is 0 Å². The fourth-order valence-electron chi connectivity index (χ4n) is 3.57. The van der Waals surface area contributed by atoms with Gasteiger partial charge in [0.2, 0.25) is 0 Å². The molecule has 3 nitrogen and oxygen atoms in total. The Labute approximate surface area is 197 Å². The van der Waals surface area contributed by atoms with Crippen molar-refractivity contribution in [2.24, 2.45) is 0 Å². The van der Waals surface area contributed by atoms with Crippen LogP contribution in [0.15, 0.2) is 78.9 Å². The van der Waals surface area contributed by atoms with Gasteiger partial charge >= 0.3 is 0 Å². The summed E-state index contributed by atoms with van der Waals surface area (Å²) in [7, 11) is 0. The maximum absolute atomic E-state index is 6.29. The molecule has 4 heteroatoms. The summed E-state index contributed by atoms with van der Waals surface area (Å²) in [5.41, 5.74) is 4.69. The Hall–Kier alpha value is -2.73. The van der Waals surface area contributed by atoms with E-state index in [0.29, 0.717) is 13.2 Å². The van der Waals surface area contributed by atoms with E-state index in [1.54, 1.807) is 0 Å². The van der Waals surface area contributed by atoms with Crippen molar-refractivity contribution in [1.29, 1.82) is 0 Å². The predicted molar refractivity (Wildman–Crippen MR) is 137 cm³/mol. The van der Waals surface area contributed by atoms with Crippen LogP contribution in [0, 0.1) is 10.5 Å². The van der Waals surface area contributed by atoms with Crippen LogP contribution in [0.4, 0.5) is 5.69 Å². The molecule has 0 aliphatic heterocycles. The van der Waals surface area contributed by atoms with Gasteiger partial charge in [-0.2, -0.15) is 0 Å². The number of rotatable bonds is 8. The van der Waals surface area contributed by atoms with Gasteiger partial charge in [0.15, 0.2) is 11.5 Å². The summed E-state index contributed by atoms with van der Waals surface area (Å²) in [6, 6.07) is 27.4. The van der Waals surface area contributed by atoms with Gasteiger partial charge in [0, 0.05) is 12.2 Å². The monoisotopic (exact) mass is 523 g/mol. The molecule has 0 aliphatic carbocycles. The van der Waals surface area contributed by atoms with Gasteiger partial charge in [-0.05, 0) is 82.6 Å². The third-order valence-corrected chi connectivity index (χ3v) is 5.97. The van der Waals surface area contributed by atoms with Crippen molar-refractivity contribution in [2.45, 2.75) is 27.0 Å². The molecule has 0 atom stereocenters. The van der Waals surface area contributed by atoms with E-state index in [9.17, 15) is 0 Å². The summed E-state index contributed by atoms with van der Waals surface area (Å²) >= 11 is 2.34. The highest BCUT2D eigenvalue weighted by Gasteiger charge is 2.13. The van der Waals surface area contributed by atoms with Crippen molar-refractivity contribution < 1.29 is 9.47 Å². The van der Waals surface area contributed by atoms with E-state index in [2.05, 4.69) is 114 Å². The van der Waals surface area contributed by atoms with E-state index in [1.165, 1.54) is 21.9 Å².